The van der Waals surface area contributed by atoms with Crippen LogP contribution in [-0.2, 0) is 0 Å². The van der Waals surface area contributed by atoms with Gasteiger partial charge in [-0.25, -0.2) is 9.97 Å². The third kappa shape index (κ3) is 4.94. The number of nitrogen functional groups attached to an aromatic ring is 1. The Kier molecular flexibility index (Phi) is 5.70. The smallest absolute Gasteiger partial charge is 0.255 e. The largest absolute Gasteiger partial charge is 0.497 e. The molecule has 4 rings (SSSR count). The van der Waals surface area contributed by atoms with Crippen LogP contribution in [0.5, 0.6) is 17.4 Å². The van der Waals surface area contributed by atoms with Gasteiger partial charge in [0, 0.05) is 23.3 Å². The number of anilines is 2. The van der Waals surface area contributed by atoms with E-state index in [0.717, 1.165) is 5.56 Å². The van der Waals surface area contributed by atoms with Crippen molar-refractivity contribution in [3.63, 3.8) is 0 Å². The van der Waals surface area contributed by atoms with Crippen LogP contribution in [0.15, 0.2) is 79.3 Å². The zero-order valence-corrected chi connectivity index (χ0v) is 16.6. The van der Waals surface area contributed by atoms with Crippen LogP contribution in [0.3, 0.4) is 0 Å². The van der Waals surface area contributed by atoms with E-state index in [0.29, 0.717) is 40.1 Å². The molecule has 8 heteroatoms. The molecule has 0 fully saturated rings. The quantitative estimate of drug-likeness (QED) is 0.488. The summed E-state index contributed by atoms with van der Waals surface area (Å²) < 4.78 is 10.9. The van der Waals surface area contributed by atoms with Gasteiger partial charge in [0.1, 0.15) is 17.3 Å². The Morgan fingerprint density at radius 2 is 1.81 bits per heavy atom. The van der Waals surface area contributed by atoms with Gasteiger partial charge in [0.2, 0.25) is 5.88 Å². The lowest BCUT2D eigenvalue weighted by molar-refractivity contribution is 0.102. The minimum atomic E-state index is -0.276. The van der Waals surface area contributed by atoms with Crippen LogP contribution in [0.4, 0.5) is 11.5 Å². The molecule has 2 heterocycles. The van der Waals surface area contributed by atoms with E-state index in [4.69, 9.17) is 15.2 Å². The van der Waals surface area contributed by atoms with Gasteiger partial charge in [-0.2, -0.15) is 0 Å². The Balaban J connectivity index is 1.44. The Morgan fingerprint density at radius 1 is 0.968 bits per heavy atom. The van der Waals surface area contributed by atoms with Crippen molar-refractivity contribution < 1.29 is 14.3 Å². The van der Waals surface area contributed by atoms with Crippen molar-refractivity contribution in [2.75, 3.05) is 18.2 Å². The third-order valence-corrected chi connectivity index (χ3v) is 4.33. The first-order chi connectivity index (χ1) is 15.1. The summed E-state index contributed by atoms with van der Waals surface area (Å²) in [6.45, 7) is 0. The van der Waals surface area contributed by atoms with E-state index in [2.05, 4.69) is 20.3 Å². The first-order valence-corrected chi connectivity index (χ1v) is 9.38. The highest BCUT2D eigenvalue weighted by molar-refractivity contribution is 6.04. The Labute approximate surface area is 178 Å². The van der Waals surface area contributed by atoms with E-state index in [-0.39, 0.29) is 5.91 Å². The topological polar surface area (TPSA) is 112 Å². The third-order valence-electron chi connectivity index (χ3n) is 4.33. The fraction of sp³-hybridized carbons (Fsp3) is 0.0435. The van der Waals surface area contributed by atoms with Crippen molar-refractivity contribution in [2.24, 2.45) is 0 Å². The zero-order valence-electron chi connectivity index (χ0n) is 16.6. The number of amides is 1. The summed E-state index contributed by atoms with van der Waals surface area (Å²) >= 11 is 0. The van der Waals surface area contributed by atoms with Crippen molar-refractivity contribution in [2.45, 2.75) is 0 Å². The van der Waals surface area contributed by atoms with E-state index >= 15 is 0 Å². The van der Waals surface area contributed by atoms with Crippen molar-refractivity contribution in [3.05, 3.63) is 84.8 Å². The molecule has 0 spiro atoms. The van der Waals surface area contributed by atoms with Gasteiger partial charge in [0.15, 0.2) is 0 Å². The average Bonchev–Trinajstić information content (AvgIpc) is 2.80. The summed E-state index contributed by atoms with van der Waals surface area (Å²) in [6, 6.07) is 17.7. The molecule has 8 nitrogen and oxygen atoms in total. The molecule has 0 aliphatic rings. The number of carbonyl (C=O) groups is 1. The number of ether oxygens (including phenoxy) is 2. The van der Waals surface area contributed by atoms with Crippen LogP contribution < -0.4 is 20.5 Å². The molecule has 154 valence electrons. The summed E-state index contributed by atoms with van der Waals surface area (Å²) in [5.41, 5.74) is 8.04. The van der Waals surface area contributed by atoms with Gasteiger partial charge < -0.3 is 20.5 Å². The lowest BCUT2D eigenvalue weighted by Crippen LogP contribution is -2.12. The molecular formula is C23H19N5O3. The molecule has 0 radical (unpaired) electrons. The molecule has 0 aliphatic heterocycles. The summed E-state index contributed by atoms with van der Waals surface area (Å²) in [6.07, 6.45) is 4.59. The number of nitrogens with zero attached hydrogens (tertiary/aromatic N) is 3. The SMILES string of the molecule is COc1cccc(Oc2ccc(NC(=O)c3cccc(-c4cncc(N)n4)c3)cn2)c1. The minimum Gasteiger partial charge on any atom is -0.497 e. The normalized spacial score (nSPS) is 10.4. The maximum absolute atomic E-state index is 12.7. The van der Waals surface area contributed by atoms with Gasteiger partial charge in [0.25, 0.3) is 5.91 Å². The lowest BCUT2D eigenvalue weighted by Gasteiger charge is -2.09. The van der Waals surface area contributed by atoms with Crippen molar-refractivity contribution in [1.29, 1.82) is 0 Å². The second-order valence-corrected chi connectivity index (χ2v) is 6.53. The second-order valence-electron chi connectivity index (χ2n) is 6.53. The number of rotatable bonds is 6. The second kappa shape index (κ2) is 8.91. The molecule has 0 aliphatic carbocycles. The number of carbonyl (C=O) groups excluding carboxylic acids is 1. The first kappa shape index (κ1) is 19.8. The van der Waals surface area contributed by atoms with Crippen molar-refractivity contribution in [1.82, 2.24) is 15.0 Å². The van der Waals surface area contributed by atoms with Crippen LogP contribution >= 0.6 is 0 Å². The number of benzene rings is 2. The highest BCUT2D eigenvalue weighted by Crippen LogP contribution is 2.25. The van der Waals surface area contributed by atoms with E-state index in [1.807, 2.05) is 18.2 Å². The fourth-order valence-electron chi connectivity index (χ4n) is 2.84. The predicted octanol–water partition coefficient (Wildman–Crippen LogP) is 4.17. The molecule has 0 unspecified atom stereocenters. The maximum Gasteiger partial charge on any atom is 0.255 e. The minimum absolute atomic E-state index is 0.276. The summed E-state index contributed by atoms with van der Waals surface area (Å²) in [7, 11) is 1.59. The standard InChI is InChI=1S/C23H19N5O3/c1-30-18-6-3-7-19(11-18)31-22-9-8-17(12-26-22)27-23(29)16-5-2-4-15(10-16)20-13-25-14-21(24)28-20/h2-14H,1H3,(H2,24,28)(H,27,29). The van der Waals surface area contributed by atoms with Gasteiger partial charge in [-0.15, -0.1) is 0 Å². The van der Waals surface area contributed by atoms with Crippen LogP contribution in [0.2, 0.25) is 0 Å². The molecule has 1 amide bonds. The van der Waals surface area contributed by atoms with Gasteiger partial charge >= 0.3 is 0 Å². The Morgan fingerprint density at radius 3 is 2.58 bits per heavy atom. The number of hydrogen-bond acceptors (Lipinski definition) is 7. The number of nitrogens with two attached hydrogens (primary N) is 1. The number of hydrogen-bond donors (Lipinski definition) is 2. The van der Waals surface area contributed by atoms with Gasteiger partial charge in [-0.3, -0.25) is 9.78 Å². The molecule has 4 aromatic rings. The van der Waals surface area contributed by atoms with E-state index < -0.39 is 0 Å². The molecule has 0 saturated carbocycles. The van der Waals surface area contributed by atoms with Crippen LogP contribution in [0, 0.1) is 0 Å². The fourth-order valence-corrected chi connectivity index (χ4v) is 2.84. The Bertz CT molecular complexity index is 1210. The molecule has 0 saturated heterocycles. The number of aromatic nitrogens is 3. The molecule has 31 heavy (non-hydrogen) atoms. The molecule has 3 N–H and O–H groups in total. The van der Waals surface area contributed by atoms with Gasteiger partial charge in [-0.05, 0) is 30.3 Å². The van der Waals surface area contributed by atoms with Crippen LogP contribution in [0.1, 0.15) is 10.4 Å². The highest BCUT2D eigenvalue weighted by atomic mass is 16.5. The number of methoxy groups -OCH3 is 1. The monoisotopic (exact) mass is 413 g/mol. The highest BCUT2D eigenvalue weighted by Gasteiger charge is 2.10. The molecule has 2 aromatic heterocycles. The molecule has 0 atom stereocenters. The zero-order chi connectivity index (χ0) is 21.6. The molecular weight excluding hydrogens is 394 g/mol. The average molecular weight is 413 g/mol. The van der Waals surface area contributed by atoms with Gasteiger partial charge in [0.05, 0.1) is 37.1 Å². The summed E-state index contributed by atoms with van der Waals surface area (Å²) in [5.74, 6) is 1.73. The number of nitrogens with one attached hydrogen (secondary N) is 1. The summed E-state index contributed by atoms with van der Waals surface area (Å²) in [5, 5.41) is 2.82. The lowest BCUT2D eigenvalue weighted by atomic mass is 10.1. The summed E-state index contributed by atoms with van der Waals surface area (Å²) in [4.78, 5) is 25.2. The van der Waals surface area contributed by atoms with Crippen LogP contribution in [0.25, 0.3) is 11.3 Å². The molecule has 0 bridgehead atoms. The molecule has 2 aromatic carbocycles. The van der Waals surface area contributed by atoms with Crippen molar-refractivity contribution >= 4 is 17.4 Å². The van der Waals surface area contributed by atoms with E-state index in [1.165, 1.54) is 12.4 Å². The van der Waals surface area contributed by atoms with E-state index in [1.54, 1.807) is 55.8 Å². The van der Waals surface area contributed by atoms with Crippen LogP contribution in [-0.4, -0.2) is 28.0 Å². The van der Waals surface area contributed by atoms with Crippen molar-refractivity contribution in [3.8, 4) is 28.6 Å². The first-order valence-electron chi connectivity index (χ1n) is 9.38. The van der Waals surface area contributed by atoms with E-state index in [9.17, 15) is 4.79 Å². The maximum atomic E-state index is 12.7. The predicted molar refractivity (Wildman–Crippen MR) is 117 cm³/mol. The Hall–Kier alpha value is -4.46. The van der Waals surface area contributed by atoms with Gasteiger partial charge in [-0.1, -0.05) is 18.2 Å². The number of pyridine rings is 1.